The summed E-state index contributed by atoms with van der Waals surface area (Å²) in [5.74, 6) is 0.0135. The second kappa shape index (κ2) is 10.1. The number of halogens is 3. The van der Waals surface area contributed by atoms with Gasteiger partial charge in [-0.15, -0.1) is 11.3 Å². The number of carbonyl (C=O) groups excluding carboxylic acids is 1. The molecule has 6 rings (SSSR count). The van der Waals surface area contributed by atoms with Gasteiger partial charge in [0.25, 0.3) is 0 Å². The molecule has 0 unspecified atom stereocenters. The van der Waals surface area contributed by atoms with Crippen LogP contribution in [0.3, 0.4) is 0 Å². The number of aliphatic hydroxyl groups is 4. The normalized spacial score (nSPS) is 21.9. The maximum atomic E-state index is 13.7. The minimum absolute atomic E-state index is 0.0276. The molecule has 0 atom stereocenters. The lowest BCUT2D eigenvalue weighted by atomic mass is 9.91. The van der Waals surface area contributed by atoms with Crippen LogP contribution in [0.25, 0.3) is 21.7 Å². The number of thiazole rings is 1. The van der Waals surface area contributed by atoms with Gasteiger partial charge >= 0.3 is 18.0 Å². The van der Waals surface area contributed by atoms with Crippen molar-refractivity contribution < 1.29 is 38.4 Å². The summed E-state index contributed by atoms with van der Waals surface area (Å²) < 4.78 is 41.6. The van der Waals surface area contributed by atoms with E-state index >= 15 is 0 Å². The molecule has 0 spiro atoms. The molecule has 2 aliphatic rings. The number of imidazole rings is 1. The highest BCUT2D eigenvalue weighted by Gasteiger charge is 2.57. The van der Waals surface area contributed by atoms with E-state index < -0.39 is 39.5 Å². The average Bonchev–Trinajstić information content (AvgIpc) is 3.67. The van der Waals surface area contributed by atoms with E-state index in [1.54, 1.807) is 0 Å². The number of aromatic nitrogens is 5. The third-order valence-electron chi connectivity index (χ3n) is 8.54. The molecule has 0 saturated heterocycles. The van der Waals surface area contributed by atoms with Gasteiger partial charge in [-0.05, 0) is 63.6 Å². The highest BCUT2D eigenvalue weighted by Crippen LogP contribution is 2.55. The van der Waals surface area contributed by atoms with E-state index in [0.29, 0.717) is 59.8 Å². The Morgan fingerprint density at radius 2 is 1.67 bits per heavy atom. The molecule has 2 saturated carbocycles. The first-order chi connectivity index (χ1) is 20.8. The molecule has 4 aromatic rings. The van der Waals surface area contributed by atoms with Crippen molar-refractivity contribution in [2.24, 2.45) is 0 Å². The number of nitrogens with zero attached hydrogens (tertiary/aromatic N) is 5. The van der Waals surface area contributed by atoms with Crippen LogP contribution >= 0.6 is 11.3 Å². The van der Waals surface area contributed by atoms with Crippen molar-refractivity contribution in [1.29, 1.82) is 0 Å². The maximum Gasteiger partial charge on any atom is 0.427 e. The van der Waals surface area contributed by atoms with Gasteiger partial charge in [0.2, 0.25) is 5.91 Å². The van der Waals surface area contributed by atoms with E-state index in [1.165, 1.54) is 43.5 Å². The van der Waals surface area contributed by atoms with Crippen molar-refractivity contribution >= 4 is 39.9 Å². The van der Waals surface area contributed by atoms with Gasteiger partial charge in [0.15, 0.2) is 0 Å². The van der Waals surface area contributed by atoms with Crippen LogP contribution in [-0.2, 0) is 28.2 Å². The Balaban J connectivity index is 1.45. The number of fused-ring (bicyclic) bond motifs is 3. The quantitative estimate of drug-likeness (QED) is 0.163. The maximum absolute atomic E-state index is 13.7. The number of pyridine rings is 2. The van der Waals surface area contributed by atoms with Gasteiger partial charge in [0, 0.05) is 18.5 Å². The van der Waals surface area contributed by atoms with Gasteiger partial charge in [-0.1, -0.05) is 0 Å². The fourth-order valence-corrected chi connectivity index (χ4v) is 7.39. The van der Waals surface area contributed by atoms with E-state index in [0.717, 1.165) is 6.20 Å². The minimum Gasteiger partial charge on any atom is -0.386 e. The van der Waals surface area contributed by atoms with Crippen LogP contribution in [0.15, 0.2) is 35.4 Å². The Hall–Kier alpha value is -3.90. The first-order valence-corrected chi connectivity index (χ1v) is 14.8. The van der Waals surface area contributed by atoms with Crippen LogP contribution in [0.5, 0.6) is 0 Å². The summed E-state index contributed by atoms with van der Waals surface area (Å²) in [6, 6.07) is 4.37. The summed E-state index contributed by atoms with van der Waals surface area (Å²) in [6.07, 6.45) is -3.68. The smallest absolute Gasteiger partial charge is 0.386 e. The number of alkyl halides is 3. The molecule has 6 N–H and O–H groups in total. The zero-order valence-electron chi connectivity index (χ0n) is 24.3. The first kappa shape index (κ1) is 31.1. The van der Waals surface area contributed by atoms with Crippen molar-refractivity contribution in [3.8, 4) is 10.7 Å². The topological polar surface area (TPSA) is 188 Å². The average molecular weight is 650 g/mol. The number of carbonyl (C=O) groups is 1. The second-order valence-corrected chi connectivity index (χ2v) is 13.3. The van der Waals surface area contributed by atoms with Gasteiger partial charge in [0.1, 0.15) is 27.2 Å². The summed E-state index contributed by atoms with van der Waals surface area (Å²) >= 11 is 0.399. The molecule has 1 amide bonds. The molecule has 240 valence electrons. The molecule has 0 aromatic carbocycles. The summed E-state index contributed by atoms with van der Waals surface area (Å²) in [6.45, 7) is 4.42. The first-order valence-electron chi connectivity index (χ1n) is 14.0. The third kappa shape index (κ3) is 5.48. The zero-order valence-corrected chi connectivity index (χ0v) is 25.1. The molecule has 2 fully saturated rings. The number of hydrogen-bond acceptors (Lipinski definition) is 11. The largest absolute Gasteiger partial charge is 0.427 e. The van der Waals surface area contributed by atoms with Crippen LogP contribution in [-0.4, -0.2) is 56.0 Å². The van der Waals surface area contributed by atoms with E-state index in [1.807, 2.05) is 0 Å². The number of amides is 1. The predicted octanol–water partition coefficient (Wildman–Crippen LogP) is 2.80. The molecule has 2 aliphatic carbocycles. The van der Waals surface area contributed by atoms with Crippen molar-refractivity contribution in [3.05, 3.63) is 51.5 Å². The second-order valence-electron chi connectivity index (χ2n) is 12.3. The number of hydrogen-bond donors (Lipinski definition) is 6. The van der Waals surface area contributed by atoms with E-state index in [4.69, 9.17) is 0 Å². The Labute approximate surface area is 257 Å². The SMILES string of the molecule is CC(=O)NC12CCC(n3c(=O)n(C(O)(O)O)c4cnc(Nc5cc(C(C)(C)O)cc(-c6ncc(C(F)(F)F)s6)n5)cc43)(CC1)C2. The van der Waals surface area contributed by atoms with Crippen molar-refractivity contribution in [1.82, 2.24) is 29.4 Å². The fourth-order valence-electron chi connectivity index (χ4n) is 6.65. The molecule has 2 bridgehead atoms. The molecular weight excluding hydrogens is 619 g/mol. The number of anilines is 2. The molecule has 13 nitrogen and oxygen atoms in total. The van der Waals surface area contributed by atoms with E-state index in [9.17, 15) is 43.2 Å². The molecule has 4 aromatic heterocycles. The van der Waals surface area contributed by atoms with Gasteiger partial charge in [-0.3, -0.25) is 9.36 Å². The van der Waals surface area contributed by atoms with Gasteiger partial charge < -0.3 is 31.1 Å². The summed E-state index contributed by atoms with van der Waals surface area (Å²) in [5, 5.41) is 47.0. The van der Waals surface area contributed by atoms with Crippen molar-refractivity contribution in [2.45, 2.75) is 81.8 Å². The van der Waals surface area contributed by atoms with Gasteiger partial charge in [0.05, 0.1) is 34.6 Å². The lowest BCUT2D eigenvalue weighted by Gasteiger charge is -2.29. The molecule has 45 heavy (non-hydrogen) atoms. The lowest BCUT2D eigenvalue weighted by molar-refractivity contribution is -0.374. The van der Waals surface area contributed by atoms with Gasteiger partial charge in [-0.2, -0.15) is 13.2 Å². The summed E-state index contributed by atoms with van der Waals surface area (Å²) in [4.78, 5) is 37.3. The molecule has 4 heterocycles. The monoisotopic (exact) mass is 649 g/mol. The summed E-state index contributed by atoms with van der Waals surface area (Å²) in [5.41, 5.74) is -3.14. The Morgan fingerprint density at radius 3 is 2.24 bits per heavy atom. The zero-order chi connectivity index (χ0) is 32.7. The van der Waals surface area contributed by atoms with Crippen molar-refractivity contribution in [3.63, 3.8) is 0 Å². The van der Waals surface area contributed by atoms with E-state index in [-0.39, 0.29) is 39.3 Å². The number of rotatable bonds is 7. The van der Waals surface area contributed by atoms with Crippen LogP contribution < -0.4 is 16.3 Å². The van der Waals surface area contributed by atoms with Gasteiger partial charge in [-0.25, -0.2) is 24.3 Å². The molecule has 0 radical (unpaired) electrons. The van der Waals surface area contributed by atoms with Crippen LogP contribution in [0.4, 0.5) is 24.8 Å². The molecule has 17 heteroatoms. The standard InChI is InChI=1S/C28H30F3N7O6S/c1-14(39)36-25-4-6-26(13-25,7-5-25)37-17-10-20(32-11-18(17)38(23(37)40)28(42,43)44)35-21-9-15(24(2,3)41)8-16(34-21)22-33-12-19(45-22)27(29,30)31/h8-12,41-44H,4-7,13H2,1-3H3,(H,36,39)(H,32,34,35). The summed E-state index contributed by atoms with van der Waals surface area (Å²) in [7, 11) is 0. The Kier molecular flexibility index (Phi) is 6.95. The van der Waals surface area contributed by atoms with Crippen molar-refractivity contribution in [2.75, 3.05) is 5.32 Å². The van der Waals surface area contributed by atoms with Crippen LogP contribution in [0.2, 0.25) is 0 Å². The number of nitrogens with one attached hydrogen (secondary N) is 2. The third-order valence-corrected chi connectivity index (χ3v) is 9.60. The van der Waals surface area contributed by atoms with Crippen LogP contribution in [0, 0.1) is 0 Å². The predicted molar refractivity (Wildman–Crippen MR) is 155 cm³/mol. The highest BCUT2D eigenvalue weighted by molar-refractivity contribution is 7.15. The lowest BCUT2D eigenvalue weighted by Crippen LogP contribution is -2.45. The van der Waals surface area contributed by atoms with Crippen LogP contribution in [0.1, 0.15) is 63.3 Å². The van der Waals surface area contributed by atoms with E-state index in [2.05, 4.69) is 25.6 Å². The minimum atomic E-state index is -4.59. The Morgan fingerprint density at radius 1 is 0.978 bits per heavy atom. The molecular formula is C28H30F3N7O6S. The Bertz CT molecular complexity index is 1880. The fraction of sp³-hybridized carbons (Fsp3) is 0.464. The molecule has 0 aliphatic heterocycles. The highest BCUT2D eigenvalue weighted by atomic mass is 32.1.